The molecule has 2 atom stereocenters. The Morgan fingerprint density at radius 1 is 1.50 bits per heavy atom. The van der Waals surface area contributed by atoms with Crippen LogP contribution in [0.25, 0.3) is 0 Å². The van der Waals surface area contributed by atoms with E-state index in [1.54, 1.807) is 12.1 Å². The average Bonchev–Trinajstić information content (AvgIpc) is 2.88. The van der Waals surface area contributed by atoms with Crippen LogP contribution in [0.3, 0.4) is 0 Å². The van der Waals surface area contributed by atoms with Gasteiger partial charge in [-0.1, -0.05) is 12.8 Å². The minimum Gasteiger partial charge on any atom is -0.455 e. The van der Waals surface area contributed by atoms with Crippen molar-refractivity contribution in [3.05, 3.63) is 23.7 Å². The second kappa shape index (κ2) is 6.29. The Kier molecular flexibility index (Phi) is 4.72. The maximum absolute atomic E-state index is 12.0. The monoisotopic (exact) mass is 268 g/mol. The summed E-state index contributed by atoms with van der Waals surface area (Å²) in [6, 6.07) is 3.70. The van der Waals surface area contributed by atoms with E-state index < -0.39 is 0 Å². The fraction of sp³-hybridized carbons (Fsp3) is 0.615. The van der Waals surface area contributed by atoms with Crippen LogP contribution < -0.4 is 11.1 Å². The maximum Gasteiger partial charge on any atom is 0.287 e. The summed E-state index contributed by atoms with van der Waals surface area (Å²) in [5.41, 5.74) is 5.46. The van der Waals surface area contributed by atoms with Crippen molar-refractivity contribution in [1.29, 1.82) is 0 Å². The molecule has 1 fully saturated rings. The molecule has 0 aliphatic heterocycles. The molecule has 0 saturated heterocycles. The van der Waals surface area contributed by atoms with Crippen molar-refractivity contribution in [2.45, 2.75) is 43.5 Å². The lowest BCUT2D eigenvalue weighted by molar-refractivity contribution is 0.0899. The van der Waals surface area contributed by atoms with Crippen molar-refractivity contribution < 1.29 is 9.21 Å². The van der Waals surface area contributed by atoms with Crippen LogP contribution in [0.15, 0.2) is 16.5 Å². The first-order valence-corrected chi connectivity index (χ1v) is 7.66. The number of hydrogen-bond donors (Lipinski definition) is 2. The Bertz CT molecular complexity index is 405. The number of nitrogens with two attached hydrogens (primary N) is 1. The molecule has 3 N–H and O–H groups in total. The molecule has 18 heavy (non-hydrogen) atoms. The standard InChI is InChI=1S/C13H20N2O2S/c1-18-12-5-3-2-4-10(12)15-13(16)11-7-6-9(8-14)17-11/h6-7,10,12H,2-5,8,14H2,1H3,(H,15,16). The van der Waals surface area contributed by atoms with Crippen molar-refractivity contribution >= 4 is 17.7 Å². The molecule has 1 aromatic rings. The number of rotatable bonds is 4. The van der Waals surface area contributed by atoms with E-state index in [-0.39, 0.29) is 11.9 Å². The van der Waals surface area contributed by atoms with Crippen LogP contribution in [0.4, 0.5) is 0 Å². The van der Waals surface area contributed by atoms with Gasteiger partial charge in [0.15, 0.2) is 5.76 Å². The summed E-state index contributed by atoms with van der Waals surface area (Å²) in [7, 11) is 0. The number of carbonyl (C=O) groups excluding carboxylic acids is 1. The summed E-state index contributed by atoms with van der Waals surface area (Å²) >= 11 is 1.84. The third kappa shape index (κ3) is 3.09. The molecule has 1 aliphatic rings. The molecule has 1 aliphatic carbocycles. The van der Waals surface area contributed by atoms with Crippen LogP contribution in [0, 0.1) is 0 Å². The molecule has 100 valence electrons. The molecule has 2 rings (SSSR count). The van der Waals surface area contributed by atoms with Gasteiger partial charge in [-0.15, -0.1) is 0 Å². The Labute approximate surface area is 112 Å². The quantitative estimate of drug-likeness (QED) is 0.878. The van der Waals surface area contributed by atoms with Crippen molar-refractivity contribution in [3.63, 3.8) is 0 Å². The summed E-state index contributed by atoms with van der Waals surface area (Å²) < 4.78 is 5.36. The van der Waals surface area contributed by atoms with Gasteiger partial charge in [0.25, 0.3) is 5.91 Å². The van der Waals surface area contributed by atoms with Crippen LogP contribution in [0.2, 0.25) is 0 Å². The third-order valence-corrected chi connectivity index (χ3v) is 4.58. The molecular weight excluding hydrogens is 248 g/mol. The molecule has 0 radical (unpaired) electrons. The second-order valence-electron chi connectivity index (χ2n) is 4.61. The Morgan fingerprint density at radius 3 is 2.94 bits per heavy atom. The second-order valence-corrected chi connectivity index (χ2v) is 5.69. The highest BCUT2D eigenvalue weighted by atomic mass is 32.2. The van der Waals surface area contributed by atoms with Crippen LogP contribution >= 0.6 is 11.8 Å². The van der Waals surface area contributed by atoms with E-state index in [9.17, 15) is 4.79 Å². The number of hydrogen-bond acceptors (Lipinski definition) is 4. The predicted molar refractivity (Wildman–Crippen MR) is 73.6 cm³/mol. The lowest BCUT2D eigenvalue weighted by Gasteiger charge is -2.30. The number of carbonyl (C=O) groups is 1. The summed E-state index contributed by atoms with van der Waals surface area (Å²) in [6.07, 6.45) is 6.79. The number of furan rings is 1. The zero-order valence-corrected chi connectivity index (χ0v) is 11.5. The molecule has 1 saturated carbocycles. The van der Waals surface area contributed by atoms with E-state index in [1.165, 1.54) is 19.3 Å². The summed E-state index contributed by atoms with van der Waals surface area (Å²) in [4.78, 5) is 12.0. The number of nitrogens with one attached hydrogen (secondary N) is 1. The highest BCUT2D eigenvalue weighted by molar-refractivity contribution is 7.99. The molecule has 1 aromatic heterocycles. The lowest BCUT2D eigenvalue weighted by atomic mass is 9.95. The Hall–Kier alpha value is -0.940. The van der Waals surface area contributed by atoms with Crippen LogP contribution in [0.5, 0.6) is 0 Å². The van der Waals surface area contributed by atoms with E-state index in [4.69, 9.17) is 10.2 Å². The van der Waals surface area contributed by atoms with Crippen molar-refractivity contribution in [1.82, 2.24) is 5.32 Å². The van der Waals surface area contributed by atoms with E-state index >= 15 is 0 Å². The van der Waals surface area contributed by atoms with Gasteiger partial charge in [-0.2, -0.15) is 11.8 Å². The van der Waals surface area contributed by atoms with Crippen LogP contribution in [0.1, 0.15) is 42.0 Å². The SMILES string of the molecule is CSC1CCCCC1NC(=O)c1ccc(CN)o1. The first-order valence-electron chi connectivity index (χ1n) is 6.37. The molecule has 1 amide bonds. The summed E-state index contributed by atoms with van der Waals surface area (Å²) in [5, 5.41) is 3.60. The largest absolute Gasteiger partial charge is 0.455 e. The Morgan fingerprint density at radius 2 is 2.28 bits per heavy atom. The van der Waals surface area contributed by atoms with Crippen molar-refractivity contribution in [3.8, 4) is 0 Å². The highest BCUT2D eigenvalue weighted by Gasteiger charge is 2.26. The van der Waals surface area contributed by atoms with Gasteiger partial charge in [-0.3, -0.25) is 4.79 Å². The van der Waals surface area contributed by atoms with Gasteiger partial charge in [-0.05, 0) is 31.2 Å². The summed E-state index contributed by atoms with van der Waals surface area (Å²) in [5.74, 6) is 0.881. The fourth-order valence-electron chi connectivity index (χ4n) is 2.39. The number of thioether (sulfide) groups is 1. The minimum absolute atomic E-state index is 0.124. The topological polar surface area (TPSA) is 68.3 Å². The van der Waals surface area contributed by atoms with Gasteiger partial charge >= 0.3 is 0 Å². The van der Waals surface area contributed by atoms with Crippen molar-refractivity contribution in [2.24, 2.45) is 5.73 Å². The third-order valence-electron chi connectivity index (χ3n) is 3.41. The molecule has 5 heteroatoms. The van der Waals surface area contributed by atoms with Crippen molar-refractivity contribution in [2.75, 3.05) is 6.26 Å². The highest BCUT2D eigenvalue weighted by Crippen LogP contribution is 2.27. The lowest BCUT2D eigenvalue weighted by Crippen LogP contribution is -2.43. The number of amides is 1. The van der Waals surface area contributed by atoms with E-state index in [1.807, 2.05) is 11.8 Å². The molecule has 4 nitrogen and oxygen atoms in total. The zero-order chi connectivity index (χ0) is 13.0. The van der Waals surface area contributed by atoms with Crippen LogP contribution in [-0.4, -0.2) is 23.5 Å². The maximum atomic E-state index is 12.0. The first-order chi connectivity index (χ1) is 8.74. The fourth-order valence-corrected chi connectivity index (χ4v) is 3.33. The Balaban J connectivity index is 1.97. The molecule has 0 bridgehead atoms. The molecule has 2 unspecified atom stereocenters. The molecule has 0 aromatic carbocycles. The molecular formula is C13H20N2O2S. The van der Waals surface area contributed by atoms with E-state index in [0.717, 1.165) is 6.42 Å². The first kappa shape index (κ1) is 13.5. The molecule has 0 spiro atoms. The van der Waals surface area contributed by atoms with Gasteiger partial charge < -0.3 is 15.5 Å². The van der Waals surface area contributed by atoms with Gasteiger partial charge in [0.2, 0.25) is 0 Å². The van der Waals surface area contributed by atoms with E-state index in [2.05, 4.69) is 11.6 Å². The normalized spacial score (nSPS) is 23.9. The average molecular weight is 268 g/mol. The van der Waals surface area contributed by atoms with Crippen LogP contribution in [-0.2, 0) is 6.54 Å². The molecule has 1 heterocycles. The predicted octanol–water partition coefficient (Wildman–Crippen LogP) is 2.14. The van der Waals surface area contributed by atoms with Gasteiger partial charge in [0.1, 0.15) is 5.76 Å². The zero-order valence-electron chi connectivity index (χ0n) is 10.6. The smallest absolute Gasteiger partial charge is 0.287 e. The van der Waals surface area contributed by atoms with Gasteiger partial charge in [0, 0.05) is 11.3 Å². The summed E-state index contributed by atoms with van der Waals surface area (Å²) in [6.45, 7) is 0.324. The van der Waals surface area contributed by atoms with Gasteiger partial charge in [-0.25, -0.2) is 0 Å². The minimum atomic E-state index is -0.124. The van der Waals surface area contributed by atoms with Gasteiger partial charge in [0.05, 0.1) is 6.54 Å². The van der Waals surface area contributed by atoms with E-state index in [0.29, 0.717) is 23.3 Å².